The van der Waals surface area contributed by atoms with E-state index in [0.29, 0.717) is 6.54 Å². The smallest absolute Gasteiger partial charge is 0.410 e. The fourth-order valence-electron chi connectivity index (χ4n) is 2.38. The van der Waals surface area contributed by atoms with E-state index < -0.39 is 23.8 Å². The highest BCUT2D eigenvalue weighted by Crippen LogP contribution is 2.20. The number of hydrogen-bond donors (Lipinski definition) is 0. The van der Waals surface area contributed by atoms with Gasteiger partial charge < -0.3 is 14.4 Å². The Morgan fingerprint density at radius 1 is 1.36 bits per heavy atom. The lowest BCUT2D eigenvalue weighted by molar-refractivity contribution is 0.0236. The summed E-state index contributed by atoms with van der Waals surface area (Å²) in [6.07, 6.45) is -0.833. The van der Waals surface area contributed by atoms with Crippen molar-refractivity contribution in [3.63, 3.8) is 0 Å². The summed E-state index contributed by atoms with van der Waals surface area (Å²) in [5.41, 5.74) is 9.04. The molecule has 2 rings (SSSR count). The molecule has 0 aromatic heterocycles. The summed E-state index contributed by atoms with van der Waals surface area (Å²) >= 11 is 0. The van der Waals surface area contributed by atoms with Crippen LogP contribution in [0.1, 0.15) is 26.3 Å². The van der Waals surface area contributed by atoms with Crippen molar-refractivity contribution in [3.05, 3.63) is 46.3 Å². The molecule has 0 aliphatic carbocycles. The van der Waals surface area contributed by atoms with Crippen LogP contribution in [-0.2, 0) is 9.47 Å². The summed E-state index contributed by atoms with van der Waals surface area (Å²) in [7, 11) is 0. The zero-order chi connectivity index (χ0) is 18.3. The molecule has 1 heterocycles. The highest BCUT2D eigenvalue weighted by atomic mass is 16.6. The van der Waals surface area contributed by atoms with Crippen molar-refractivity contribution in [3.8, 4) is 11.8 Å². The first kappa shape index (κ1) is 18.7. The Morgan fingerprint density at radius 3 is 2.72 bits per heavy atom. The number of benzene rings is 1. The second-order valence-corrected chi connectivity index (χ2v) is 6.67. The van der Waals surface area contributed by atoms with Gasteiger partial charge in [-0.3, -0.25) is 0 Å². The van der Waals surface area contributed by atoms with Crippen molar-refractivity contribution in [1.29, 1.82) is 0 Å². The molecular weight excluding hydrogens is 320 g/mol. The number of hydrogen-bond acceptors (Lipinski definition) is 4. The molecule has 0 bridgehead atoms. The molecule has 1 aromatic rings. The van der Waals surface area contributed by atoms with Crippen molar-refractivity contribution in [1.82, 2.24) is 4.90 Å². The summed E-state index contributed by atoms with van der Waals surface area (Å²) in [4.78, 5) is 16.5. The Kier molecular flexibility index (Phi) is 6.29. The van der Waals surface area contributed by atoms with Gasteiger partial charge in [-0.2, -0.15) is 0 Å². The minimum atomic E-state index is -0.578. The molecule has 0 spiro atoms. The Bertz CT molecular complexity index is 697. The molecule has 1 aromatic carbocycles. The first-order chi connectivity index (χ1) is 11.9. The molecule has 0 N–H and O–H groups in total. The van der Waals surface area contributed by atoms with Crippen LogP contribution in [0.4, 0.5) is 4.79 Å². The Labute approximate surface area is 147 Å². The second-order valence-electron chi connectivity index (χ2n) is 6.67. The molecule has 0 saturated carbocycles. The molecule has 132 valence electrons. The lowest BCUT2D eigenvalue weighted by Gasteiger charge is -2.24. The minimum Gasteiger partial charge on any atom is -0.444 e. The summed E-state index contributed by atoms with van der Waals surface area (Å²) < 4.78 is 11.1. The first-order valence-electron chi connectivity index (χ1n) is 8.07. The predicted molar refractivity (Wildman–Crippen MR) is 93.8 cm³/mol. The van der Waals surface area contributed by atoms with Crippen LogP contribution in [0.3, 0.4) is 0 Å². The van der Waals surface area contributed by atoms with Crippen molar-refractivity contribution in [2.45, 2.75) is 38.5 Å². The van der Waals surface area contributed by atoms with Gasteiger partial charge in [-0.25, -0.2) is 4.79 Å². The number of azide groups is 1. The Morgan fingerprint density at radius 2 is 2.08 bits per heavy atom. The highest BCUT2D eigenvalue weighted by molar-refractivity contribution is 5.68. The zero-order valence-corrected chi connectivity index (χ0v) is 14.7. The van der Waals surface area contributed by atoms with Gasteiger partial charge in [-0.1, -0.05) is 35.2 Å². The number of carbonyl (C=O) groups is 1. The van der Waals surface area contributed by atoms with E-state index in [1.807, 2.05) is 30.3 Å². The van der Waals surface area contributed by atoms with Gasteiger partial charge in [0.1, 0.15) is 12.2 Å². The van der Waals surface area contributed by atoms with E-state index in [1.54, 1.807) is 20.8 Å². The number of likely N-dealkylation sites (tertiary alicyclic amines) is 1. The van der Waals surface area contributed by atoms with Crippen molar-refractivity contribution < 1.29 is 14.3 Å². The molecule has 1 fully saturated rings. The molecule has 7 nitrogen and oxygen atoms in total. The highest BCUT2D eigenvalue weighted by Gasteiger charge is 2.37. The van der Waals surface area contributed by atoms with Gasteiger partial charge in [0.15, 0.2) is 0 Å². The third-order valence-corrected chi connectivity index (χ3v) is 3.46. The second kappa shape index (κ2) is 8.43. The van der Waals surface area contributed by atoms with Crippen LogP contribution in [0.2, 0.25) is 0 Å². The van der Waals surface area contributed by atoms with Crippen LogP contribution in [0, 0.1) is 11.8 Å². The SMILES string of the molecule is CC(C)(C)OC(=O)N1CC(N=[N+]=[N-])[C@@H](OCC#Cc2ccccc2)C1. The van der Waals surface area contributed by atoms with Crippen molar-refractivity contribution in [2.24, 2.45) is 5.11 Å². The Balaban J connectivity index is 1.93. The van der Waals surface area contributed by atoms with E-state index in [-0.39, 0.29) is 13.2 Å². The molecule has 0 radical (unpaired) electrons. The van der Waals surface area contributed by atoms with E-state index in [9.17, 15) is 4.79 Å². The molecule has 1 aliphatic heterocycles. The predicted octanol–water partition coefficient (Wildman–Crippen LogP) is 3.35. The monoisotopic (exact) mass is 342 g/mol. The van der Waals surface area contributed by atoms with Gasteiger partial charge in [-0.05, 0) is 38.4 Å². The third kappa shape index (κ3) is 6.03. The van der Waals surface area contributed by atoms with E-state index in [1.165, 1.54) is 4.90 Å². The maximum absolute atomic E-state index is 12.2. The van der Waals surface area contributed by atoms with Crippen LogP contribution in [-0.4, -0.2) is 48.4 Å². The molecule has 7 heteroatoms. The number of ether oxygens (including phenoxy) is 2. The van der Waals surface area contributed by atoms with Crippen LogP contribution in [0.5, 0.6) is 0 Å². The fraction of sp³-hybridized carbons (Fsp3) is 0.500. The molecule has 2 atom stereocenters. The van der Waals surface area contributed by atoms with Gasteiger partial charge in [-0.15, -0.1) is 0 Å². The number of carbonyl (C=O) groups excluding carboxylic acids is 1. The standard InChI is InChI=1S/C18H22N4O3/c1-18(2,3)25-17(23)22-12-15(20-21-19)16(13-22)24-11-7-10-14-8-5-4-6-9-14/h4-6,8-9,15-16H,11-13H2,1-3H3/t15?,16-/m0/s1. The van der Waals surface area contributed by atoms with E-state index >= 15 is 0 Å². The largest absolute Gasteiger partial charge is 0.444 e. The van der Waals surface area contributed by atoms with E-state index in [2.05, 4.69) is 21.9 Å². The van der Waals surface area contributed by atoms with E-state index in [4.69, 9.17) is 15.0 Å². The lowest BCUT2D eigenvalue weighted by atomic mass is 10.2. The van der Waals surface area contributed by atoms with Crippen molar-refractivity contribution in [2.75, 3.05) is 19.7 Å². The summed E-state index contributed by atoms with van der Waals surface area (Å²) in [5, 5.41) is 3.73. The minimum absolute atomic E-state index is 0.194. The van der Waals surface area contributed by atoms with Crippen LogP contribution in [0.15, 0.2) is 35.4 Å². The summed E-state index contributed by atoms with van der Waals surface area (Å²) in [6.45, 7) is 6.19. The topological polar surface area (TPSA) is 87.5 Å². The molecule has 25 heavy (non-hydrogen) atoms. The maximum Gasteiger partial charge on any atom is 0.410 e. The average Bonchev–Trinajstić information content (AvgIpc) is 2.95. The summed E-state index contributed by atoms with van der Waals surface area (Å²) in [5.74, 6) is 5.93. The zero-order valence-electron chi connectivity index (χ0n) is 14.7. The summed E-state index contributed by atoms with van der Waals surface area (Å²) in [6, 6.07) is 9.13. The molecule has 1 aliphatic rings. The van der Waals surface area contributed by atoms with Gasteiger partial charge in [0.2, 0.25) is 0 Å². The van der Waals surface area contributed by atoms with Crippen LogP contribution < -0.4 is 0 Å². The van der Waals surface area contributed by atoms with Crippen LogP contribution >= 0.6 is 0 Å². The molecule has 1 saturated heterocycles. The number of amides is 1. The average molecular weight is 342 g/mol. The van der Waals surface area contributed by atoms with Gasteiger partial charge in [0.05, 0.1) is 18.7 Å². The normalized spacial score (nSPS) is 19.6. The van der Waals surface area contributed by atoms with Gasteiger partial charge in [0, 0.05) is 17.0 Å². The fourth-order valence-corrected chi connectivity index (χ4v) is 2.38. The Hall–Kier alpha value is -2.68. The third-order valence-electron chi connectivity index (χ3n) is 3.46. The van der Waals surface area contributed by atoms with Crippen LogP contribution in [0.25, 0.3) is 10.4 Å². The molecule has 1 amide bonds. The van der Waals surface area contributed by atoms with E-state index in [0.717, 1.165) is 5.56 Å². The number of rotatable bonds is 3. The molecule has 1 unspecified atom stereocenters. The van der Waals surface area contributed by atoms with Gasteiger partial charge in [0.25, 0.3) is 0 Å². The van der Waals surface area contributed by atoms with Gasteiger partial charge >= 0.3 is 6.09 Å². The maximum atomic E-state index is 12.2. The quantitative estimate of drug-likeness (QED) is 0.365. The lowest BCUT2D eigenvalue weighted by Crippen LogP contribution is -2.36. The number of nitrogens with zero attached hydrogens (tertiary/aromatic N) is 4. The first-order valence-corrected chi connectivity index (χ1v) is 8.07. The van der Waals surface area contributed by atoms with Crippen molar-refractivity contribution >= 4 is 6.09 Å². The molecular formula is C18H22N4O3.